The molecular weight excluding hydrogens is 402 g/mol. The number of hydrogen-bond acceptors (Lipinski definition) is 2. The molecule has 2 N–H and O–H groups in total. The Hall–Kier alpha value is -2.88. The predicted molar refractivity (Wildman–Crippen MR) is 138 cm³/mol. The highest BCUT2D eigenvalue weighted by Gasteiger charge is 2.39. The Morgan fingerprint density at radius 3 is 2.21 bits per heavy atom. The standard InChI is InChI=1S/C30H35N3/c1-33(2)30(25-13-7-4-8-14-25)19-17-26(18-20-30)32-29(23-11-5-3-6-12-23)21-24-22-31-28-16-10-9-15-27(24)28/h3-16,22,26,29,31-32H,17-21H2,1-2H3. The first-order valence-corrected chi connectivity index (χ1v) is 12.2. The Labute approximate surface area is 197 Å². The van der Waals surface area contributed by atoms with Crippen LogP contribution in [0.3, 0.4) is 0 Å². The van der Waals surface area contributed by atoms with E-state index in [1.54, 1.807) is 0 Å². The van der Waals surface area contributed by atoms with Crippen LogP contribution in [0, 0.1) is 0 Å². The Bertz CT molecular complexity index is 1150. The van der Waals surface area contributed by atoms with Crippen molar-refractivity contribution in [2.45, 2.75) is 49.7 Å². The smallest absolute Gasteiger partial charge is 0.0456 e. The van der Waals surface area contributed by atoms with Gasteiger partial charge in [-0.25, -0.2) is 0 Å². The number of benzene rings is 3. The van der Waals surface area contributed by atoms with Crippen LogP contribution in [0.2, 0.25) is 0 Å². The molecule has 0 aliphatic heterocycles. The summed E-state index contributed by atoms with van der Waals surface area (Å²) in [4.78, 5) is 5.90. The second-order valence-corrected chi connectivity index (χ2v) is 9.76. The predicted octanol–water partition coefficient (Wildman–Crippen LogP) is 6.44. The van der Waals surface area contributed by atoms with Gasteiger partial charge in [-0.3, -0.25) is 4.90 Å². The summed E-state index contributed by atoms with van der Waals surface area (Å²) < 4.78 is 0. The van der Waals surface area contributed by atoms with Crippen LogP contribution < -0.4 is 5.32 Å². The summed E-state index contributed by atoms with van der Waals surface area (Å²) in [6.45, 7) is 0. The number of H-pyrrole nitrogens is 1. The van der Waals surface area contributed by atoms with E-state index in [-0.39, 0.29) is 5.54 Å². The molecular formula is C30H35N3. The van der Waals surface area contributed by atoms with Gasteiger partial charge in [0.15, 0.2) is 0 Å². The lowest BCUT2D eigenvalue weighted by Gasteiger charge is -2.46. The molecule has 4 aromatic rings. The van der Waals surface area contributed by atoms with Crippen LogP contribution >= 0.6 is 0 Å². The molecule has 1 saturated carbocycles. The molecule has 0 spiro atoms. The van der Waals surface area contributed by atoms with E-state index in [0.29, 0.717) is 12.1 Å². The lowest BCUT2D eigenvalue weighted by atomic mass is 9.74. The number of rotatable bonds is 7. The molecule has 1 aliphatic carbocycles. The summed E-state index contributed by atoms with van der Waals surface area (Å²) in [5.74, 6) is 0. The Balaban J connectivity index is 1.35. The topological polar surface area (TPSA) is 31.1 Å². The van der Waals surface area contributed by atoms with Crippen LogP contribution in [-0.2, 0) is 12.0 Å². The van der Waals surface area contributed by atoms with Gasteiger partial charge in [-0.05, 0) is 69.0 Å². The van der Waals surface area contributed by atoms with Gasteiger partial charge >= 0.3 is 0 Å². The van der Waals surface area contributed by atoms with E-state index in [2.05, 4.69) is 120 Å². The van der Waals surface area contributed by atoms with Gasteiger partial charge in [-0.15, -0.1) is 0 Å². The fraction of sp³-hybridized carbons (Fsp3) is 0.333. The molecule has 1 aromatic heterocycles. The second-order valence-electron chi connectivity index (χ2n) is 9.76. The first-order valence-electron chi connectivity index (χ1n) is 12.2. The largest absolute Gasteiger partial charge is 0.361 e. The van der Waals surface area contributed by atoms with E-state index >= 15 is 0 Å². The van der Waals surface area contributed by atoms with E-state index in [1.165, 1.54) is 53.3 Å². The molecule has 0 saturated heterocycles. The molecule has 0 radical (unpaired) electrons. The summed E-state index contributed by atoms with van der Waals surface area (Å²) in [5, 5.41) is 5.40. The lowest BCUT2D eigenvalue weighted by molar-refractivity contribution is 0.0832. The van der Waals surface area contributed by atoms with Gasteiger partial charge in [-0.1, -0.05) is 78.9 Å². The highest BCUT2D eigenvalue weighted by Crippen LogP contribution is 2.41. The van der Waals surface area contributed by atoms with E-state index < -0.39 is 0 Å². The third-order valence-corrected chi connectivity index (χ3v) is 7.72. The zero-order valence-corrected chi connectivity index (χ0v) is 19.8. The molecule has 1 fully saturated rings. The molecule has 0 amide bonds. The first-order chi connectivity index (χ1) is 16.2. The molecule has 5 rings (SSSR count). The quantitative estimate of drug-likeness (QED) is 0.348. The van der Waals surface area contributed by atoms with Crippen molar-refractivity contribution in [2.24, 2.45) is 0 Å². The Morgan fingerprint density at radius 2 is 1.52 bits per heavy atom. The average molecular weight is 438 g/mol. The number of para-hydroxylation sites is 1. The van der Waals surface area contributed by atoms with Crippen molar-refractivity contribution in [1.29, 1.82) is 0 Å². The van der Waals surface area contributed by atoms with Crippen molar-refractivity contribution in [1.82, 2.24) is 15.2 Å². The Kier molecular flexibility index (Phi) is 6.34. The van der Waals surface area contributed by atoms with Gasteiger partial charge in [0.1, 0.15) is 0 Å². The molecule has 170 valence electrons. The van der Waals surface area contributed by atoms with Crippen molar-refractivity contribution in [3.63, 3.8) is 0 Å². The van der Waals surface area contributed by atoms with Gasteiger partial charge in [0.2, 0.25) is 0 Å². The fourth-order valence-corrected chi connectivity index (χ4v) is 5.77. The van der Waals surface area contributed by atoms with E-state index in [1.807, 2.05) is 0 Å². The number of nitrogens with one attached hydrogen (secondary N) is 2. The summed E-state index contributed by atoms with van der Waals surface area (Å²) in [7, 11) is 4.48. The normalized spacial score (nSPS) is 22.0. The molecule has 1 atom stereocenters. The van der Waals surface area contributed by atoms with Crippen molar-refractivity contribution < 1.29 is 0 Å². The molecule has 1 aliphatic rings. The highest BCUT2D eigenvalue weighted by molar-refractivity contribution is 5.83. The monoisotopic (exact) mass is 437 g/mol. The maximum absolute atomic E-state index is 4.07. The van der Waals surface area contributed by atoms with Gasteiger partial charge in [-0.2, -0.15) is 0 Å². The SMILES string of the molecule is CN(C)C1(c2ccccc2)CCC(NC(Cc2c[nH]c3ccccc23)c2ccccc2)CC1. The summed E-state index contributed by atoms with van der Waals surface area (Å²) in [6, 6.07) is 31.5. The van der Waals surface area contributed by atoms with Crippen LogP contribution in [0.5, 0.6) is 0 Å². The second kappa shape index (κ2) is 9.54. The average Bonchev–Trinajstić information content (AvgIpc) is 3.28. The molecule has 3 heteroatoms. The van der Waals surface area contributed by atoms with Gasteiger partial charge in [0.25, 0.3) is 0 Å². The zero-order valence-electron chi connectivity index (χ0n) is 19.8. The summed E-state index contributed by atoms with van der Waals surface area (Å²) in [5.41, 5.74) is 5.56. The molecule has 1 heterocycles. The Morgan fingerprint density at radius 1 is 0.879 bits per heavy atom. The minimum Gasteiger partial charge on any atom is -0.361 e. The number of hydrogen-bond donors (Lipinski definition) is 2. The molecule has 1 unspecified atom stereocenters. The maximum Gasteiger partial charge on any atom is 0.0456 e. The van der Waals surface area contributed by atoms with Gasteiger partial charge in [0, 0.05) is 34.7 Å². The molecule has 3 aromatic carbocycles. The molecule has 0 bridgehead atoms. The minimum atomic E-state index is 0.137. The summed E-state index contributed by atoms with van der Waals surface area (Å²) in [6.07, 6.45) is 7.90. The molecule has 33 heavy (non-hydrogen) atoms. The van der Waals surface area contributed by atoms with Crippen LogP contribution in [0.4, 0.5) is 0 Å². The maximum atomic E-state index is 4.07. The van der Waals surface area contributed by atoms with E-state index in [0.717, 1.165) is 6.42 Å². The van der Waals surface area contributed by atoms with Gasteiger partial charge in [0.05, 0.1) is 0 Å². The van der Waals surface area contributed by atoms with Crippen molar-refractivity contribution >= 4 is 10.9 Å². The minimum absolute atomic E-state index is 0.137. The van der Waals surface area contributed by atoms with Crippen LogP contribution in [0.25, 0.3) is 10.9 Å². The van der Waals surface area contributed by atoms with Gasteiger partial charge < -0.3 is 10.3 Å². The zero-order chi connectivity index (χ0) is 22.7. The third-order valence-electron chi connectivity index (χ3n) is 7.72. The summed E-state index contributed by atoms with van der Waals surface area (Å²) >= 11 is 0. The van der Waals surface area contributed by atoms with Crippen LogP contribution in [-0.4, -0.2) is 30.0 Å². The van der Waals surface area contributed by atoms with Crippen molar-refractivity contribution in [3.8, 4) is 0 Å². The van der Waals surface area contributed by atoms with Crippen molar-refractivity contribution in [2.75, 3.05) is 14.1 Å². The van der Waals surface area contributed by atoms with Crippen LogP contribution in [0.1, 0.15) is 48.4 Å². The fourth-order valence-electron chi connectivity index (χ4n) is 5.77. The highest BCUT2D eigenvalue weighted by atomic mass is 15.1. The number of nitrogens with zero attached hydrogens (tertiary/aromatic N) is 1. The first kappa shape index (κ1) is 21.9. The number of aromatic nitrogens is 1. The van der Waals surface area contributed by atoms with E-state index in [4.69, 9.17) is 0 Å². The lowest BCUT2D eigenvalue weighted by Crippen LogP contribution is -2.48. The third kappa shape index (κ3) is 4.48. The van der Waals surface area contributed by atoms with Crippen molar-refractivity contribution in [3.05, 3.63) is 108 Å². The molecule has 3 nitrogen and oxygen atoms in total. The van der Waals surface area contributed by atoms with E-state index in [9.17, 15) is 0 Å². The van der Waals surface area contributed by atoms with Crippen LogP contribution in [0.15, 0.2) is 91.1 Å². The number of aromatic amines is 1. The number of fused-ring (bicyclic) bond motifs is 1.